The molecule has 136 valence electrons. The van der Waals surface area contributed by atoms with Crippen molar-refractivity contribution in [3.05, 3.63) is 58.2 Å². The number of carbonyl (C=O) groups excluding carboxylic acids is 1. The molecule has 3 aromatic rings. The fourth-order valence-corrected chi connectivity index (χ4v) is 2.82. The number of nitrogens with zero attached hydrogens (tertiary/aromatic N) is 3. The van der Waals surface area contributed by atoms with Gasteiger partial charge in [0.25, 0.3) is 5.91 Å². The van der Waals surface area contributed by atoms with E-state index in [0.717, 1.165) is 22.6 Å². The summed E-state index contributed by atoms with van der Waals surface area (Å²) in [5, 5.41) is 10.9. The van der Waals surface area contributed by atoms with E-state index in [1.54, 1.807) is 24.9 Å². The zero-order valence-corrected chi connectivity index (χ0v) is 15.6. The van der Waals surface area contributed by atoms with Gasteiger partial charge in [0.05, 0.1) is 16.9 Å². The molecule has 0 aliphatic carbocycles. The first-order valence-electron chi connectivity index (χ1n) is 8.31. The van der Waals surface area contributed by atoms with Gasteiger partial charge in [0.1, 0.15) is 18.1 Å². The van der Waals surface area contributed by atoms with Crippen LogP contribution in [-0.2, 0) is 13.7 Å². The molecule has 0 radical (unpaired) electrons. The molecule has 0 unspecified atom stereocenters. The predicted molar refractivity (Wildman–Crippen MR) is 97.4 cm³/mol. The molecular weight excluding hydrogens is 332 g/mol. The van der Waals surface area contributed by atoms with E-state index in [2.05, 4.69) is 21.6 Å². The maximum absolute atomic E-state index is 12.6. The molecule has 0 saturated heterocycles. The van der Waals surface area contributed by atoms with Gasteiger partial charge >= 0.3 is 0 Å². The molecule has 0 fully saturated rings. The lowest BCUT2D eigenvalue weighted by molar-refractivity contribution is 0.101. The van der Waals surface area contributed by atoms with Crippen molar-refractivity contribution in [3.8, 4) is 5.75 Å². The number of rotatable bonds is 5. The van der Waals surface area contributed by atoms with Crippen LogP contribution in [-0.4, -0.2) is 20.8 Å². The Morgan fingerprint density at radius 2 is 1.88 bits per heavy atom. The van der Waals surface area contributed by atoms with Crippen molar-refractivity contribution in [2.45, 2.75) is 34.3 Å². The van der Waals surface area contributed by atoms with Gasteiger partial charge in [-0.1, -0.05) is 11.2 Å². The van der Waals surface area contributed by atoms with E-state index < -0.39 is 0 Å². The second-order valence-electron chi connectivity index (χ2n) is 6.43. The molecular formula is C19H22N4O3. The third-order valence-corrected chi connectivity index (χ3v) is 4.04. The molecule has 0 bridgehead atoms. The van der Waals surface area contributed by atoms with Crippen LogP contribution in [0.2, 0.25) is 0 Å². The molecule has 0 spiro atoms. The standard InChI is InChI=1S/C19H22N4O3/c1-11-6-12(2)8-15(7-11)25-10-16-14(4)26-22-18(16)19(24)20-17-9-23(5)21-13(17)3/h6-9H,10H2,1-5H3,(H,20,24). The summed E-state index contributed by atoms with van der Waals surface area (Å²) in [4.78, 5) is 12.6. The van der Waals surface area contributed by atoms with Gasteiger partial charge in [0.15, 0.2) is 5.69 Å². The summed E-state index contributed by atoms with van der Waals surface area (Å²) >= 11 is 0. The van der Waals surface area contributed by atoms with E-state index >= 15 is 0 Å². The molecule has 26 heavy (non-hydrogen) atoms. The first-order chi connectivity index (χ1) is 12.3. The number of aromatic nitrogens is 3. The molecule has 7 nitrogen and oxygen atoms in total. The first-order valence-corrected chi connectivity index (χ1v) is 8.31. The minimum Gasteiger partial charge on any atom is -0.489 e. The zero-order valence-electron chi connectivity index (χ0n) is 15.6. The number of hydrogen-bond donors (Lipinski definition) is 1. The smallest absolute Gasteiger partial charge is 0.278 e. The van der Waals surface area contributed by atoms with Crippen LogP contribution in [0.3, 0.4) is 0 Å². The predicted octanol–water partition coefficient (Wildman–Crippen LogP) is 3.47. The average molecular weight is 354 g/mol. The van der Waals surface area contributed by atoms with Gasteiger partial charge in [-0.05, 0) is 51.0 Å². The second-order valence-corrected chi connectivity index (χ2v) is 6.43. The minimum atomic E-state index is -0.350. The van der Waals surface area contributed by atoms with Crippen molar-refractivity contribution in [1.29, 1.82) is 0 Å². The summed E-state index contributed by atoms with van der Waals surface area (Å²) in [6.45, 7) is 7.82. The molecule has 0 atom stereocenters. The summed E-state index contributed by atoms with van der Waals surface area (Å²) < 4.78 is 12.7. The van der Waals surface area contributed by atoms with Crippen molar-refractivity contribution in [1.82, 2.24) is 14.9 Å². The number of anilines is 1. The molecule has 0 aliphatic heterocycles. The normalized spacial score (nSPS) is 10.8. The zero-order chi connectivity index (χ0) is 18.8. The molecule has 1 N–H and O–H groups in total. The first kappa shape index (κ1) is 17.7. The van der Waals surface area contributed by atoms with Crippen LogP contribution < -0.4 is 10.1 Å². The Morgan fingerprint density at radius 1 is 1.19 bits per heavy atom. The maximum atomic E-state index is 12.6. The summed E-state index contributed by atoms with van der Waals surface area (Å²) in [6, 6.07) is 5.98. The Balaban J connectivity index is 1.77. The number of hydrogen-bond acceptors (Lipinski definition) is 5. The highest BCUT2D eigenvalue weighted by Crippen LogP contribution is 2.21. The minimum absolute atomic E-state index is 0.201. The molecule has 0 aliphatic rings. The monoisotopic (exact) mass is 354 g/mol. The van der Waals surface area contributed by atoms with Crippen LogP contribution in [0, 0.1) is 27.7 Å². The van der Waals surface area contributed by atoms with Gasteiger partial charge in [-0.15, -0.1) is 0 Å². The van der Waals surface area contributed by atoms with Crippen LogP contribution in [0.15, 0.2) is 28.9 Å². The molecule has 1 amide bonds. The highest BCUT2D eigenvalue weighted by atomic mass is 16.5. The summed E-state index contributed by atoms with van der Waals surface area (Å²) in [6.07, 6.45) is 1.74. The summed E-state index contributed by atoms with van der Waals surface area (Å²) in [5.74, 6) is 0.956. The van der Waals surface area contributed by atoms with Gasteiger partial charge < -0.3 is 14.6 Å². The van der Waals surface area contributed by atoms with Crippen LogP contribution in [0.5, 0.6) is 5.75 Å². The van der Waals surface area contributed by atoms with E-state index in [1.165, 1.54) is 0 Å². The highest BCUT2D eigenvalue weighted by molar-refractivity contribution is 6.04. The maximum Gasteiger partial charge on any atom is 0.278 e. The van der Waals surface area contributed by atoms with Crippen molar-refractivity contribution in [2.24, 2.45) is 7.05 Å². The molecule has 3 rings (SSSR count). The Kier molecular flexibility index (Phi) is 4.79. The number of aryl methyl sites for hydroxylation is 5. The van der Waals surface area contributed by atoms with Crippen molar-refractivity contribution in [3.63, 3.8) is 0 Å². The van der Waals surface area contributed by atoms with Crippen molar-refractivity contribution < 1.29 is 14.1 Å². The number of ether oxygens (including phenoxy) is 1. The Labute approximate surface area is 151 Å². The Morgan fingerprint density at radius 3 is 2.50 bits per heavy atom. The van der Waals surface area contributed by atoms with E-state index in [-0.39, 0.29) is 18.2 Å². The quantitative estimate of drug-likeness (QED) is 0.758. The average Bonchev–Trinajstić information content (AvgIpc) is 3.06. The van der Waals surface area contributed by atoms with Crippen LogP contribution in [0.1, 0.15) is 38.6 Å². The van der Waals surface area contributed by atoms with Crippen LogP contribution in [0.25, 0.3) is 0 Å². The third kappa shape index (κ3) is 3.77. The van der Waals surface area contributed by atoms with E-state index in [1.807, 2.05) is 32.9 Å². The number of benzene rings is 1. The lowest BCUT2D eigenvalue weighted by Crippen LogP contribution is -2.15. The van der Waals surface area contributed by atoms with Gasteiger partial charge in [-0.2, -0.15) is 5.10 Å². The van der Waals surface area contributed by atoms with E-state index in [0.29, 0.717) is 17.0 Å². The summed E-state index contributed by atoms with van der Waals surface area (Å²) in [5.41, 5.74) is 4.45. The van der Waals surface area contributed by atoms with E-state index in [9.17, 15) is 4.79 Å². The fraction of sp³-hybridized carbons (Fsp3) is 0.316. The van der Waals surface area contributed by atoms with Crippen molar-refractivity contribution in [2.75, 3.05) is 5.32 Å². The van der Waals surface area contributed by atoms with Crippen LogP contribution in [0.4, 0.5) is 5.69 Å². The largest absolute Gasteiger partial charge is 0.489 e. The SMILES string of the molecule is Cc1cc(C)cc(OCc2c(C(=O)Nc3cn(C)nc3C)noc2C)c1. The van der Waals surface area contributed by atoms with Gasteiger partial charge in [-0.3, -0.25) is 9.48 Å². The lowest BCUT2D eigenvalue weighted by atomic mass is 10.1. The number of carbonyl (C=O) groups is 1. The van der Waals surface area contributed by atoms with Gasteiger partial charge in [0, 0.05) is 13.2 Å². The Hall–Kier alpha value is -3.09. The highest BCUT2D eigenvalue weighted by Gasteiger charge is 2.21. The molecule has 0 saturated carbocycles. The summed E-state index contributed by atoms with van der Waals surface area (Å²) in [7, 11) is 1.80. The topological polar surface area (TPSA) is 82.2 Å². The van der Waals surface area contributed by atoms with Crippen LogP contribution >= 0.6 is 0 Å². The fourth-order valence-electron chi connectivity index (χ4n) is 2.82. The number of amides is 1. The van der Waals surface area contributed by atoms with Gasteiger partial charge in [0.2, 0.25) is 0 Å². The molecule has 2 aromatic heterocycles. The molecule has 7 heteroatoms. The third-order valence-electron chi connectivity index (χ3n) is 4.04. The molecule has 1 aromatic carbocycles. The van der Waals surface area contributed by atoms with E-state index in [4.69, 9.17) is 9.26 Å². The lowest BCUT2D eigenvalue weighted by Gasteiger charge is -2.09. The number of nitrogens with one attached hydrogen (secondary N) is 1. The van der Waals surface area contributed by atoms with Crippen molar-refractivity contribution >= 4 is 11.6 Å². The van der Waals surface area contributed by atoms with Gasteiger partial charge in [-0.25, -0.2) is 0 Å². The second kappa shape index (κ2) is 7.03. The Bertz CT molecular complexity index is 936. The molecule has 2 heterocycles.